The van der Waals surface area contributed by atoms with Crippen molar-refractivity contribution in [2.75, 3.05) is 18.5 Å². The molecule has 0 spiro atoms. The zero-order valence-electron chi connectivity index (χ0n) is 14.3. The van der Waals surface area contributed by atoms with Crippen molar-refractivity contribution in [2.45, 2.75) is 31.8 Å². The van der Waals surface area contributed by atoms with Crippen LogP contribution in [-0.4, -0.2) is 33.7 Å². The number of hydrogen-bond acceptors (Lipinski definition) is 6. The molecule has 0 saturated heterocycles. The summed E-state index contributed by atoms with van der Waals surface area (Å²) in [6.45, 7) is 6.19. The lowest BCUT2D eigenvalue weighted by atomic mass is 10.2. The first-order valence-electron chi connectivity index (χ1n) is 7.95. The summed E-state index contributed by atoms with van der Waals surface area (Å²) >= 11 is 0. The van der Waals surface area contributed by atoms with E-state index in [9.17, 15) is 9.00 Å². The van der Waals surface area contributed by atoms with Crippen molar-refractivity contribution in [3.63, 3.8) is 0 Å². The lowest BCUT2D eigenvalue weighted by Gasteiger charge is -2.19. The van der Waals surface area contributed by atoms with Gasteiger partial charge in [-0.3, -0.25) is 9.00 Å². The van der Waals surface area contributed by atoms with Gasteiger partial charge in [-0.25, -0.2) is 0 Å². The largest absolute Gasteiger partial charge is 0.486 e. The molecule has 8 heteroatoms. The number of nitrogens with one attached hydrogen (secondary N) is 1. The van der Waals surface area contributed by atoms with E-state index in [1.807, 2.05) is 0 Å². The number of carbonyl (C=O) groups is 1. The van der Waals surface area contributed by atoms with Gasteiger partial charge in [-0.2, -0.15) is 0 Å². The number of hydrogen-bond donors (Lipinski definition) is 1. The van der Waals surface area contributed by atoms with E-state index in [1.165, 1.54) is 0 Å². The van der Waals surface area contributed by atoms with Crippen molar-refractivity contribution in [3.8, 4) is 11.5 Å². The molecule has 3 rings (SSSR count). The van der Waals surface area contributed by atoms with Crippen molar-refractivity contribution in [2.24, 2.45) is 0 Å². The lowest BCUT2D eigenvalue weighted by molar-refractivity contribution is -0.115. The quantitative estimate of drug-likeness (QED) is 0.876. The van der Waals surface area contributed by atoms with Gasteiger partial charge in [0.1, 0.15) is 24.2 Å². The van der Waals surface area contributed by atoms with E-state index >= 15 is 0 Å². The molecule has 1 aromatic heterocycles. The van der Waals surface area contributed by atoms with Crippen LogP contribution in [0.15, 0.2) is 22.7 Å². The molecule has 1 aromatic carbocycles. The highest BCUT2D eigenvalue weighted by molar-refractivity contribution is 7.85. The van der Waals surface area contributed by atoms with E-state index in [0.717, 1.165) is 5.56 Å². The summed E-state index contributed by atoms with van der Waals surface area (Å²) in [6, 6.07) is 5.18. The van der Waals surface area contributed by atoms with Crippen LogP contribution in [0, 0.1) is 13.8 Å². The third kappa shape index (κ3) is 3.84. The molecule has 0 bridgehead atoms. The highest BCUT2D eigenvalue weighted by atomic mass is 32.2. The van der Waals surface area contributed by atoms with Gasteiger partial charge in [0.15, 0.2) is 11.5 Å². The van der Waals surface area contributed by atoms with Crippen LogP contribution < -0.4 is 14.8 Å². The molecule has 1 aliphatic heterocycles. The molecule has 25 heavy (non-hydrogen) atoms. The van der Waals surface area contributed by atoms with Crippen LogP contribution in [0.1, 0.15) is 23.9 Å². The lowest BCUT2D eigenvalue weighted by Crippen LogP contribution is -2.30. The molecule has 2 heterocycles. The van der Waals surface area contributed by atoms with E-state index in [2.05, 4.69) is 10.5 Å². The molecule has 1 amide bonds. The predicted octanol–water partition coefficient (Wildman–Crippen LogP) is 2.34. The Morgan fingerprint density at radius 1 is 1.28 bits per heavy atom. The fraction of sp³-hybridized carbons (Fsp3) is 0.412. The highest BCUT2D eigenvalue weighted by Gasteiger charge is 2.23. The summed E-state index contributed by atoms with van der Waals surface area (Å²) in [5, 5.41) is 5.94. The molecule has 134 valence electrons. The van der Waals surface area contributed by atoms with Crippen LogP contribution in [-0.2, 0) is 21.3 Å². The molecule has 0 aliphatic carbocycles. The van der Waals surface area contributed by atoms with E-state index in [4.69, 9.17) is 14.0 Å². The first-order chi connectivity index (χ1) is 12.0. The summed E-state index contributed by atoms with van der Waals surface area (Å²) < 4.78 is 28.5. The second kappa shape index (κ2) is 7.26. The Morgan fingerprint density at radius 2 is 2.00 bits per heavy atom. The number of anilines is 1. The van der Waals surface area contributed by atoms with Crippen molar-refractivity contribution >= 4 is 22.4 Å². The van der Waals surface area contributed by atoms with Crippen LogP contribution in [0.2, 0.25) is 0 Å². The maximum Gasteiger partial charge on any atom is 0.239 e. The van der Waals surface area contributed by atoms with Crippen molar-refractivity contribution in [3.05, 3.63) is 35.2 Å². The van der Waals surface area contributed by atoms with Crippen molar-refractivity contribution in [1.82, 2.24) is 5.16 Å². The number of nitrogens with zero attached hydrogens (tertiary/aromatic N) is 1. The van der Waals surface area contributed by atoms with Gasteiger partial charge in [0.2, 0.25) is 5.91 Å². The second-order valence-corrected chi connectivity index (χ2v) is 7.57. The number of amides is 1. The molecular formula is C17H20N2O5S. The van der Waals surface area contributed by atoms with Crippen LogP contribution in [0.5, 0.6) is 11.5 Å². The zero-order valence-corrected chi connectivity index (χ0v) is 15.1. The van der Waals surface area contributed by atoms with E-state index < -0.39 is 16.0 Å². The van der Waals surface area contributed by atoms with Gasteiger partial charge in [0.25, 0.3) is 0 Å². The molecule has 7 nitrogen and oxygen atoms in total. The number of carbonyl (C=O) groups excluding carboxylic acids is 1. The van der Waals surface area contributed by atoms with E-state index in [0.29, 0.717) is 41.9 Å². The van der Waals surface area contributed by atoms with Gasteiger partial charge in [0, 0.05) is 28.1 Å². The number of aryl methyl sites for hydroxylation is 2. The minimum Gasteiger partial charge on any atom is -0.486 e. The Hall–Kier alpha value is -2.35. The molecule has 1 N–H and O–H groups in total. The Labute approximate surface area is 148 Å². The molecule has 2 aromatic rings. The minimum atomic E-state index is -1.39. The fourth-order valence-corrected chi connectivity index (χ4v) is 3.70. The second-order valence-electron chi connectivity index (χ2n) is 5.82. The number of rotatable bonds is 5. The molecule has 0 saturated carbocycles. The monoisotopic (exact) mass is 364 g/mol. The van der Waals surface area contributed by atoms with Crippen molar-refractivity contribution in [1.29, 1.82) is 0 Å². The average Bonchev–Trinajstić information content (AvgIpc) is 2.92. The smallest absolute Gasteiger partial charge is 0.239 e. The van der Waals surface area contributed by atoms with Gasteiger partial charge < -0.3 is 19.3 Å². The number of benzene rings is 1. The van der Waals surface area contributed by atoms with Gasteiger partial charge in [-0.1, -0.05) is 5.16 Å². The Balaban J connectivity index is 1.65. The maximum atomic E-state index is 12.5. The van der Waals surface area contributed by atoms with Gasteiger partial charge in [0.05, 0.1) is 11.4 Å². The Morgan fingerprint density at radius 3 is 2.68 bits per heavy atom. The molecule has 0 unspecified atom stereocenters. The maximum absolute atomic E-state index is 12.5. The van der Waals surface area contributed by atoms with Crippen LogP contribution in [0.25, 0.3) is 0 Å². The normalized spacial score (nSPS) is 15.5. The van der Waals surface area contributed by atoms with Crippen molar-refractivity contribution < 1.29 is 23.0 Å². The van der Waals surface area contributed by atoms with E-state index in [1.54, 1.807) is 39.0 Å². The third-order valence-electron chi connectivity index (χ3n) is 4.04. The Bertz CT molecular complexity index is 798. The number of ether oxygens (including phenoxy) is 2. The zero-order chi connectivity index (χ0) is 18.0. The first kappa shape index (κ1) is 17.5. The van der Waals surface area contributed by atoms with Gasteiger partial charge >= 0.3 is 0 Å². The van der Waals surface area contributed by atoms with Crippen LogP contribution in [0.4, 0.5) is 5.69 Å². The van der Waals surface area contributed by atoms with Gasteiger partial charge in [-0.15, -0.1) is 0 Å². The average molecular weight is 364 g/mol. The number of aromatic nitrogens is 1. The molecule has 2 atom stereocenters. The van der Waals surface area contributed by atoms with E-state index in [-0.39, 0.29) is 11.7 Å². The topological polar surface area (TPSA) is 90.7 Å². The number of fused-ring (bicyclic) bond motifs is 1. The Kier molecular flexibility index (Phi) is 5.08. The highest BCUT2D eigenvalue weighted by Crippen LogP contribution is 2.32. The predicted molar refractivity (Wildman–Crippen MR) is 93.3 cm³/mol. The van der Waals surface area contributed by atoms with Crippen LogP contribution >= 0.6 is 0 Å². The van der Waals surface area contributed by atoms with Crippen LogP contribution in [0.3, 0.4) is 0 Å². The SMILES string of the molecule is Cc1noc(C)c1C[S@](=O)[C@@H](C)C(=O)Nc1ccc2c(c1)OCCO2. The standard InChI is InChI=1S/C17H20N2O5S/c1-10-14(11(2)24-19-10)9-25(21)12(3)17(20)18-13-4-5-15-16(8-13)23-7-6-22-15/h4-5,8,12H,6-7,9H2,1-3H3,(H,18,20)/t12-,25-/m0/s1. The summed E-state index contributed by atoms with van der Waals surface area (Å²) in [6.07, 6.45) is 0. The summed E-state index contributed by atoms with van der Waals surface area (Å²) in [7, 11) is -1.39. The molecular weight excluding hydrogens is 344 g/mol. The van der Waals surface area contributed by atoms with Gasteiger partial charge in [-0.05, 0) is 32.9 Å². The summed E-state index contributed by atoms with van der Waals surface area (Å²) in [5.74, 6) is 1.79. The molecule has 1 aliphatic rings. The fourth-order valence-electron chi connectivity index (χ4n) is 2.46. The first-order valence-corrected chi connectivity index (χ1v) is 9.33. The summed E-state index contributed by atoms with van der Waals surface area (Å²) in [4.78, 5) is 12.4. The minimum absolute atomic E-state index is 0.233. The summed E-state index contributed by atoms with van der Waals surface area (Å²) in [5.41, 5.74) is 2.07. The molecule has 0 fully saturated rings. The third-order valence-corrected chi connectivity index (χ3v) is 5.62. The molecule has 0 radical (unpaired) electrons.